The van der Waals surface area contributed by atoms with Crippen LogP contribution in [0, 0.1) is 0 Å². The number of anilines is 1. The van der Waals surface area contributed by atoms with Gasteiger partial charge in [0.05, 0.1) is 53.4 Å². The highest BCUT2D eigenvalue weighted by atomic mass is 16.8. The fourth-order valence-corrected chi connectivity index (χ4v) is 12.3. The predicted octanol–water partition coefficient (Wildman–Crippen LogP) is -3.71. The number of benzene rings is 2. The number of nitrogens with zero attached hydrogens (tertiary/aromatic N) is 12. The molecule has 4 aromatic heterocycles. The number of aromatic nitrogens is 11. The van der Waals surface area contributed by atoms with Gasteiger partial charge >= 0.3 is 0 Å². The molecule has 0 spiro atoms. The highest BCUT2D eigenvalue weighted by Gasteiger charge is 2.55. The molecule has 32 nitrogen and oxygen atoms in total. The third-order valence-corrected chi connectivity index (χ3v) is 17.8. The maximum atomic E-state index is 12.0. The van der Waals surface area contributed by atoms with E-state index in [-0.39, 0.29) is 26.1 Å². The van der Waals surface area contributed by atoms with E-state index in [0.29, 0.717) is 18.7 Å². The van der Waals surface area contributed by atoms with E-state index in [9.17, 15) is 30.6 Å². The zero-order valence-corrected chi connectivity index (χ0v) is 50.5. The Bertz CT molecular complexity index is 3180. The lowest BCUT2D eigenvalue weighted by molar-refractivity contribution is -0.306. The fraction of sp³-hybridized carbons (Fsp3) is 0.672. The summed E-state index contributed by atoms with van der Waals surface area (Å²) < 4.78 is 48.2. The molecule has 1 saturated carbocycles. The Kier molecular flexibility index (Phi) is 21.8. The minimum absolute atomic E-state index is 0.0373. The summed E-state index contributed by atoms with van der Waals surface area (Å²) in [5.41, 5.74) is 43.5. The number of H-pyrrole nitrogens is 1. The largest absolute Gasteiger partial charge is 0.487 e. The van der Waals surface area contributed by atoms with Crippen LogP contribution in [0.25, 0.3) is 22.4 Å². The Morgan fingerprint density at radius 1 is 0.567 bits per heavy atom. The number of nitrogens with one attached hydrogen (secondary N) is 1. The summed E-state index contributed by atoms with van der Waals surface area (Å²) in [4.78, 5) is 13.1. The minimum atomic E-state index is -1.62. The number of rotatable bonds is 27. The van der Waals surface area contributed by atoms with Crippen LogP contribution >= 0.6 is 0 Å². The predicted molar refractivity (Wildman–Crippen MR) is 322 cm³/mol. The molecule has 0 radical (unpaired) electrons. The Morgan fingerprint density at radius 2 is 1.12 bits per heavy atom. The van der Waals surface area contributed by atoms with Gasteiger partial charge in [0, 0.05) is 88.1 Å². The first-order chi connectivity index (χ1) is 43.5. The molecule has 5 fully saturated rings. The first-order valence-electron chi connectivity index (χ1n) is 31.3. The van der Waals surface area contributed by atoms with E-state index in [1.165, 1.54) is 10.4 Å². The van der Waals surface area contributed by atoms with Gasteiger partial charge in [0.2, 0.25) is 0 Å². The lowest BCUT2D eigenvalue weighted by Crippen LogP contribution is -2.68. The van der Waals surface area contributed by atoms with Crippen molar-refractivity contribution in [2.24, 2.45) is 34.4 Å². The molecule has 0 bridgehead atoms. The summed E-state index contributed by atoms with van der Waals surface area (Å²) in [6, 6.07) is 10.0. The average Bonchev–Trinajstić information content (AvgIpc) is 1.54. The van der Waals surface area contributed by atoms with Crippen molar-refractivity contribution in [3.63, 3.8) is 0 Å². The summed E-state index contributed by atoms with van der Waals surface area (Å²) >= 11 is 0. The van der Waals surface area contributed by atoms with E-state index < -0.39 is 116 Å². The van der Waals surface area contributed by atoms with Gasteiger partial charge in [0.25, 0.3) is 0 Å². The number of hydrogen-bond acceptors (Lipinski definition) is 28. The number of piperazine rings is 1. The number of imidazole rings is 1. The second-order valence-corrected chi connectivity index (χ2v) is 24.5. The zero-order valence-electron chi connectivity index (χ0n) is 50.5. The van der Waals surface area contributed by atoms with Crippen molar-refractivity contribution in [2.75, 3.05) is 51.2 Å². The quantitative estimate of drug-likeness (QED) is 0.0221. The van der Waals surface area contributed by atoms with E-state index in [2.05, 4.69) is 71.0 Å². The van der Waals surface area contributed by atoms with Crippen LogP contribution in [0.3, 0.4) is 0 Å². The molecular weight excluding hydrogens is 1170 g/mol. The average molecular weight is 1260 g/mol. The van der Waals surface area contributed by atoms with Crippen LogP contribution in [0.5, 0.6) is 5.75 Å². The number of hydrogen-bond donors (Lipinski definition) is 13. The van der Waals surface area contributed by atoms with Crippen molar-refractivity contribution < 1.29 is 63.8 Å². The lowest BCUT2D eigenvalue weighted by atomic mass is 9.84. The molecule has 494 valence electrons. The first-order valence-corrected chi connectivity index (χ1v) is 31.3. The lowest BCUT2D eigenvalue weighted by Gasteiger charge is -2.47. The number of aryl methyl sites for hydroxylation is 4. The van der Waals surface area contributed by atoms with E-state index >= 15 is 0 Å². The van der Waals surface area contributed by atoms with Crippen LogP contribution in [0.4, 0.5) is 5.69 Å². The van der Waals surface area contributed by atoms with Crippen molar-refractivity contribution in [1.29, 1.82) is 0 Å². The van der Waals surface area contributed by atoms with Gasteiger partial charge in [-0.3, -0.25) is 9.36 Å². The normalized spacial score (nSPS) is 32.7. The van der Waals surface area contributed by atoms with E-state index in [1.54, 1.807) is 6.20 Å². The second kappa shape index (κ2) is 29.8. The van der Waals surface area contributed by atoms with Crippen LogP contribution in [-0.2, 0) is 67.5 Å². The van der Waals surface area contributed by atoms with Gasteiger partial charge in [-0.25, -0.2) is 9.67 Å². The van der Waals surface area contributed by atoms with Gasteiger partial charge in [-0.15, -0.1) is 15.3 Å². The molecule has 32 heteroatoms. The third kappa shape index (κ3) is 15.5. The van der Waals surface area contributed by atoms with Gasteiger partial charge in [0.1, 0.15) is 91.0 Å². The molecule has 19 atom stereocenters. The van der Waals surface area contributed by atoms with Gasteiger partial charge in [-0.2, -0.15) is 0 Å². The Morgan fingerprint density at radius 3 is 1.74 bits per heavy atom. The molecule has 90 heavy (non-hydrogen) atoms. The smallest absolute Gasteiger partial charge is 0.187 e. The van der Waals surface area contributed by atoms with E-state index in [0.717, 1.165) is 124 Å². The molecule has 0 amide bonds. The van der Waals surface area contributed by atoms with Crippen molar-refractivity contribution in [3.05, 3.63) is 78.1 Å². The van der Waals surface area contributed by atoms with Gasteiger partial charge in [0.15, 0.2) is 18.9 Å². The number of unbranched alkanes of at least 4 members (excludes halogenated alkanes) is 4. The van der Waals surface area contributed by atoms with Gasteiger partial charge < -0.3 is 113 Å². The molecule has 19 N–H and O–H groups in total. The number of fused-ring (bicyclic) bond motifs is 1. The molecule has 4 aliphatic heterocycles. The SMILES string of the molecule is CN1CCN(c2ccc3nc(-c4ccc(OCc5cn(CCCCCCn6cc(CCCCc7cn(C[C@H]8OC(O[C@@H]9C(O)[C@H](N)CC(N)[C@@H]9O[C@@H]9OC(CN)[C@H](O)[C@H](O)C9N)[C@@H](O)[C@H]8O[C@H]8O[C@@H](CN)[C@@H](O)C(O)C8N)nn7)nn6)nn5)cc4)[nH]c3c2)CC1. The second-order valence-electron chi connectivity index (χ2n) is 24.5. The maximum Gasteiger partial charge on any atom is 0.187 e. The van der Waals surface area contributed by atoms with Crippen LogP contribution in [-0.4, -0.2) is 253 Å². The summed E-state index contributed by atoms with van der Waals surface area (Å²) in [5.74, 6) is 1.56. The van der Waals surface area contributed by atoms with Crippen LogP contribution in [0.2, 0.25) is 0 Å². The van der Waals surface area contributed by atoms with Crippen molar-refractivity contribution >= 4 is 16.7 Å². The summed E-state index contributed by atoms with van der Waals surface area (Å²) in [6.45, 7) is 5.59. The summed E-state index contributed by atoms with van der Waals surface area (Å²) in [5, 5.41) is 92.1. The third-order valence-electron chi connectivity index (χ3n) is 17.8. The number of aliphatic hydroxyl groups is 6. The molecule has 6 aromatic rings. The highest BCUT2D eigenvalue weighted by molar-refractivity contribution is 5.83. The number of aromatic amines is 1. The standard InChI is InChI=1S/C58H89N19O13/c1-73-18-20-74(21-19-73)35-12-15-39-40(22-35)66-55(65-39)31-10-13-36(14-11-31)84-30-34-28-76(71-69-34)17-7-3-2-6-16-75-26-32(67-70-75)8-4-5-9-33-27-77(72-68-33)29-43-53(89-57-45(64)50(82)48(80)42(25-60)86-57)51(83)58(87-43)90-54-46(78)37(61)23-38(62)52(54)88-56-44(63)49(81)47(79)41(24-59)85-56/h10-15,22,26-28,37-38,41-54,56-58,78-83H,2-9,16-21,23-25,29-30,59-64H2,1H3,(H,65,66)/t37-,38?,41?,42+,43-,44?,45?,46?,47+,48-,49-,50?,51+,52+,53+,54-,56+,57-,58?/m1/s1. The highest BCUT2D eigenvalue weighted by Crippen LogP contribution is 2.36. The minimum Gasteiger partial charge on any atom is -0.487 e. The number of ether oxygens (including phenoxy) is 7. The maximum absolute atomic E-state index is 12.0. The van der Waals surface area contributed by atoms with Gasteiger partial charge in [-0.1, -0.05) is 28.5 Å². The van der Waals surface area contributed by atoms with E-state index in [1.807, 2.05) is 46.0 Å². The molecule has 5 aliphatic rings. The molecule has 2 aromatic carbocycles. The van der Waals surface area contributed by atoms with Crippen LogP contribution < -0.4 is 44.0 Å². The summed E-state index contributed by atoms with van der Waals surface area (Å²) in [6.07, 6.45) is -7.43. The zero-order chi connectivity index (χ0) is 63.2. The first kappa shape index (κ1) is 65.7. The van der Waals surface area contributed by atoms with Crippen molar-refractivity contribution in [1.82, 2.24) is 59.8 Å². The number of aliphatic hydroxyl groups excluding tert-OH is 6. The topological polar surface area (TPSA) is 469 Å². The molecule has 7 unspecified atom stereocenters. The molecule has 4 saturated heterocycles. The fourth-order valence-electron chi connectivity index (χ4n) is 12.3. The Balaban J connectivity index is 0.606. The van der Waals surface area contributed by atoms with E-state index in [4.69, 9.17) is 72.5 Å². The van der Waals surface area contributed by atoms with Gasteiger partial charge in [-0.05, 0) is 94.5 Å². The van der Waals surface area contributed by atoms with Crippen molar-refractivity contribution in [3.8, 4) is 17.1 Å². The van der Waals surface area contributed by atoms with Crippen molar-refractivity contribution in [2.45, 2.75) is 200 Å². The number of nitrogens with two attached hydrogens (primary N) is 6. The summed E-state index contributed by atoms with van der Waals surface area (Å²) in [7, 11) is 2.16. The van der Waals surface area contributed by atoms with Crippen LogP contribution in [0.1, 0.15) is 62.0 Å². The Hall–Kier alpha value is -5.83. The number of likely N-dealkylation sites (N-methyl/N-ethyl adjacent to an activating group) is 1. The molecule has 11 rings (SSSR count). The Labute approximate surface area is 519 Å². The molecular formula is C58H89N19O13. The monoisotopic (exact) mass is 1260 g/mol. The van der Waals surface area contributed by atoms with Crippen LogP contribution in [0.15, 0.2) is 61.1 Å². The molecule has 1 aliphatic carbocycles. The molecule has 8 heterocycles.